The average molecular weight is 292 g/mol. The molecule has 0 aromatic heterocycles. The first-order valence-corrected chi connectivity index (χ1v) is 6.93. The molecule has 22 heavy (non-hydrogen) atoms. The number of isocyanates is 2. The monoisotopic (exact) mass is 292 g/mol. The van der Waals surface area contributed by atoms with Crippen molar-refractivity contribution in [3.63, 3.8) is 0 Å². The minimum absolute atomic E-state index is 0.0704. The second kappa shape index (κ2) is 6.77. The lowest BCUT2D eigenvalue weighted by atomic mass is 9.89. The molecule has 0 fully saturated rings. The zero-order chi connectivity index (χ0) is 16.1. The molecule has 110 valence electrons. The molecule has 0 unspecified atom stereocenters. The van der Waals surface area contributed by atoms with Crippen molar-refractivity contribution in [1.29, 1.82) is 0 Å². The summed E-state index contributed by atoms with van der Waals surface area (Å²) >= 11 is 0. The maximum Gasteiger partial charge on any atom is 0.240 e. The second-order valence-corrected chi connectivity index (χ2v) is 5.25. The predicted octanol–water partition coefficient (Wildman–Crippen LogP) is 4.39. The third-order valence-corrected chi connectivity index (χ3v) is 3.63. The standard InChI is InChI=1S/C18H16N2O2/c1-12-4-6-17(19-10-21)15(8-12)14(3)16-9-13(2)5-7-18(16)20-11-22/h4-9,14H,1-3H3. The lowest BCUT2D eigenvalue weighted by Crippen LogP contribution is -1.98. The van der Waals surface area contributed by atoms with Gasteiger partial charge in [-0.25, -0.2) is 9.59 Å². The van der Waals surface area contributed by atoms with Gasteiger partial charge in [-0.1, -0.05) is 42.3 Å². The van der Waals surface area contributed by atoms with Gasteiger partial charge in [0.1, 0.15) is 0 Å². The van der Waals surface area contributed by atoms with Crippen LogP contribution < -0.4 is 0 Å². The first kappa shape index (κ1) is 15.6. The van der Waals surface area contributed by atoms with E-state index in [4.69, 9.17) is 0 Å². The van der Waals surface area contributed by atoms with Gasteiger partial charge in [-0.2, -0.15) is 9.98 Å². The Morgan fingerprint density at radius 2 is 1.23 bits per heavy atom. The van der Waals surface area contributed by atoms with Crippen LogP contribution in [-0.4, -0.2) is 12.2 Å². The van der Waals surface area contributed by atoms with Crippen molar-refractivity contribution >= 4 is 23.5 Å². The maximum absolute atomic E-state index is 10.6. The minimum Gasteiger partial charge on any atom is -0.211 e. The van der Waals surface area contributed by atoms with E-state index < -0.39 is 0 Å². The maximum atomic E-state index is 10.6. The quantitative estimate of drug-likeness (QED) is 0.619. The van der Waals surface area contributed by atoms with Crippen molar-refractivity contribution < 1.29 is 9.59 Å². The molecular weight excluding hydrogens is 276 g/mol. The summed E-state index contributed by atoms with van der Waals surface area (Å²) in [6, 6.07) is 11.4. The van der Waals surface area contributed by atoms with E-state index in [0.29, 0.717) is 11.4 Å². The summed E-state index contributed by atoms with van der Waals surface area (Å²) in [5.74, 6) is -0.0704. The molecule has 2 rings (SSSR count). The molecule has 0 atom stereocenters. The topological polar surface area (TPSA) is 58.9 Å². The van der Waals surface area contributed by atoms with Crippen molar-refractivity contribution in [2.24, 2.45) is 9.98 Å². The largest absolute Gasteiger partial charge is 0.240 e. The van der Waals surface area contributed by atoms with E-state index in [1.165, 1.54) is 0 Å². The fraction of sp³-hybridized carbons (Fsp3) is 0.222. The van der Waals surface area contributed by atoms with Crippen LogP contribution in [0.2, 0.25) is 0 Å². The molecule has 0 radical (unpaired) electrons. The number of nitrogens with zero attached hydrogens (tertiary/aromatic N) is 2. The van der Waals surface area contributed by atoms with Gasteiger partial charge in [0.15, 0.2) is 0 Å². The summed E-state index contributed by atoms with van der Waals surface area (Å²) in [6.07, 6.45) is 3.18. The zero-order valence-corrected chi connectivity index (χ0v) is 12.8. The van der Waals surface area contributed by atoms with Gasteiger partial charge in [0, 0.05) is 5.92 Å². The van der Waals surface area contributed by atoms with Gasteiger partial charge in [-0.05, 0) is 37.1 Å². The molecule has 0 saturated carbocycles. The first-order valence-electron chi connectivity index (χ1n) is 6.93. The molecule has 0 aliphatic heterocycles. The molecule has 0 bridgehead atoms. The van der Waals surface area contributed by atoms with Crippen molar-refractivity contribution in [2.45, 2.75) is 26.7 Å². The van der Waals surface area contributed by atoms with E-state index in [2.05, 4.69) is 9.98 Å². The fourth-order valence-corrected chi connectivity index (χ4v) is 2.51. The van der Waals surface area contributed by atoms with Crippen molar-refractivity contribution in [1.82, 2.24) is 0 Å². The second-order valence-electron chi connectivity index (χ2n) is 5.25. The van der Waals surface area contributed by atoms with Gasteiger partial charge in [0.2, 0.25) is 12.2 Å². The number of benzene rings is 2. The van der Waals surface area contributed by atoms with E-state index in [1.54, 1.807) is 24.3 Å². The molecular formula is C18H16N2O2. The van der Waals surface area contributed by atoms with E-state index in [1.807, 2.05) is 45.0 Å². The first-order chi connectivity index (χ1) is 10.6. The Morgan fingerprint density at radius 1 is 0.818 bits per heavy atom. The van der Waals surface area contributed by atoms with Gasteiger partial charge in [0.25, 0.3) is 0 Å². The number of aryl methyl sites for hydroxylation is 2. The van der Waals surface area contributed by atoms with E-state index in [-0.39, 0.29) is 5.92 Å². The lowest BCUT2D eigenvalue weighted by molar-refractivity contribution is 0.564. The highest BCUT2D eigenvalue weighted by Gasteiger charge is 2.17. The third-order valence-electron chi connectivity index (χ3n) is 3.63. The highest BCUT2D eigenvalue weighted by molar-refractivity contribution is 5.62. The molecule has 0 aliphatic rings. The highest BCUT2D eigenvalue weighted by atomic mass is 16.1. The lowest BCUT2D eigenvalue weighted by Gasteiger charge is -2.17. The van der Waals surface area contributed by atoms with Crippen LogP contribution in [0.5, 0.6) is 0 Å². The Morgan fingerprint density at radius 3 is 1.59 bits per heavy atom. The molecule has 4 nitrogen and oxygen atoms in total. The molecule has 0 spiro atoms. The van der Waals surface area contributed by atoms with Crippen LogP contribution in [0.1, 0.15) is 35.1 Å². The Labute approximate surface area is 129 Å². The van der Waals surface area contributed by atoms with Crippen molar-refractivity contribution in [3.8, 4) is 0 Å². The summed E-state index contributed by atoms with van der Waals surface area (Å²) in [7, 11) is 0. The summed E-state index contributed by atoms with van der Waals surface area (Å²) in [5, 5.41) is 0. The van der Waals surface area contributed by atoms with Gasteiger partial charge >= 0.3 is 0 Å². The summed E-state index contributed by atoms with van der Waals surface area (Å²) < 4.78 is 0. The van der Waals surface area contributed by atoms with Crippen LogP contribution in [-0.2, 0) is 9.59 Å². The Balaban J connectivity index is 2.64. The van der Waals surface area contributed by atoms with Crippen molar-refractivity contribution in [2.75, 3.05) is 0 Å². The smallest absolute Gasteiger partial charge is 0.211 e. The van der Waals surface area contributed by atoms with E-state index >= 15 is 0 Å². The minimum atomic E-state index is -0.0704. The number of rotatable bonds is 4. The van der Waals surface area contributed by atoms with E-state index in [0.717, 1.165) is 22.3 Å². The van der Waals surface area contributed by atoms with Gasteiger partial charge in [-0.15, -0.1) is 0 Å². The number of aliphatic imine (C=N–C) groups is 2. The van der Waals surface area contributed by atoms with Crippen LogP contribution in [0.25, 0.3) is 0 Å². The number of carbonyl (C=O) groups excluding carboxylic acids is 2. The van der Waals surface area contributed by atoms with E-state index in [9.17, 15) is 9.59 Å². The number of hydrogen-bond donors (Lipinski definition) is 0. The van der Waals surface area contributed by atoms with Gasteiger partial charge in [0.05, 0.1) is 11.4 Å². The molecule has 4 heteroatoms. The average Bonchev–Trinajstić information content (AvgIpc) is 2.50. The molecule has 0 N–H and O–H groups in total. The van der Waals surface area contributed by atoms with Crippen LogP contribution in [0.15, 0.2) is 46.4 Å². The summed E-state index contributed by atoms with van der Waals surface area (Å²) in [4.78, 5) is 28.8. The molecule has 0 saturated heterocycles. The zero-order valence-electron chi connectivity index (χ0n) is 12.8. The Hall–Kier alpha value is -2.80. The molecule has 0 amide bonds. The molecule has 0 heterocycles. The SMILES string of the molecule is Cc1ccc(N=C=O)c(C(C)c2cc(C)ccc2N=C=O)c1. The van der Waals surface area contributed by atoms with Crippen LogP contribution >= 0.6 is 0 Å². The molecule has 0 aliphatic carbocycles. The van der Waals surface area contributed by atoms with Crippen molar-refractivity contribution in [3.05, 3.63) is 58.7 Å². The Bertz CT molecular complexity index is 731. The summed E-state index contributed by atoms with van der Waals surface area (Å²) in [6.45, 7) is 5.95. The number of hydrogen-bond acceptors (Lipinski definition) is 4. The predicted molar refractivity (Wildman–Crippen MR) is 85.4 cm³/mol. The Kier molecular flexibility index (Phi) is 4.80. The normalized spacial score (nSPS) is 11.2. The van der Waals surface area contributed by atoms with Gasteiger partial charge < -0.3 is 0 Å². The van der Waals surface area contributed by atoms with Crippen LogP contribution in [0.4, 0.5) is 11.4 Å². The van der Waals surface area contributed by atoms with Crippen LogP contribution in [0.3, 0.4) is 0 Å². The van der Waals surface area contributed by atoms with Gasteiger partial charge in [-0.3, -0.25) is 0 Å². The highest BCUT2D eigenvalue weighted by Crippen LogP contribution is 2.37. The third kappa shape index (κ3) is 3.26. The summed E-state index contributed by atoms with van der Waals surface area (Å²) in [5.41, 5.74) is 5.10. The molecule has 2 aromatic rings. The van der Waals surface area contributed by atoms with Crippen LogP contribution in [0, 0.1) is 13.8 Å². The fourth-order valence-electron chi connectivity index (χ4n) is 2.51. The molecule has 2 aromatic carbocycles.